The first-order valence-electron chi connectivity index (χ1n) is 4.51. The van der Waals surface area contributed by atoms with E-state index in [9.17, 15) is 9.59 Å². The van der Waals surface area contributed by atoms with Gasteiger partial charge in [-0.3, -0.25) is 9.78 Å². The highest BCUT2D eigenvalue weighted by Gasteiger charge is 2.02. The van der Waals surface area contributed by atoms with E-state index in [1.165, 1.54) is 6.07 Å². The van der Waals surface area contributed by atoms with Crippen molar-refractivity contribution in [3.8, 4) is 0 Å². The van der Waals surface area contributed by atoms with Gasteiger partial charge in [0, 0.05) is 18.2 Å². The van der Waals surface area contributed by atoms with Crippen LogP contribution in [0.5, 0.6) is 0 Å². The summed E-state index contributed by atoms with van der Waals surface area (Å²) in [6.45, 7) is 0.472. The molecule has 5 nitrogen and oxygen atoms in total. The van der Waals surface area contributed by atoms with Gasteiger partial charge in [0.1, 0.15) is 0 Å². The summed E-state index contributed by atoms with van der Waals surface area (Å²) < 4.78 is 1.87. The molecule has 0 saturated carbocycles. The van der Waals surface area contributed by atoms with E-state index in [1.807, 2.05) is 35.2 Å². The van der Waals surface area contributed by atoms with Crippen LogP contribution in [0.4, 0.5) is 0 Å². The van der Waals surface area contributed by atoms with Gasteiger partial charge < -0.3 is 4.98 Å². The Labute approximate surface area is 85.0 Å². The molecular weight excluding hydrogens is 194 g/mol. The van der Waals surface area contributed by atoms with E-state index in [0.717, 1.165) is 0 Å². The van der Waals surface area contributed by atoms with Gasteiger partial charge in [0.05, 0.1) is 5.69 Å². The van der Waals surface area contributed by atoms with Gasteiger partial charge in [-0.1, -0.05) is 6.07 Å². The third kappa shape index (κ3) is 2.40. The molecule has 0 saturated heterocycles. The zero-order valence-corrected chi connectivity index (χ0v) is 7.93. The van der Waals surface area contributed by atoms with Gasteiger partial charge in [-0.25, -0.2) is 4.79 Å². The van der Waals surface area contributed by atoms with Crippen molar-refractivity contribution < 1.29 is 4.57 Å². The van der Waals surface area contributed by atoms with Crippen LogP contribution in [0.2, 0.25) is 0 Å². The lowest BCUT2D eigenvalue weighted by atomic mass is 10.4. The number of aromatic amines is 2. The van der Waals surface area contributed by atoms with E-state index < -0.39 is 5.69 Å². The van der Waals surface area contributed by atoms with Crippen molar-refractivity contribution in [1.82, 2.24) is 9.97 Å². The number of hydrogen-bond acceptors (Lipinski definition) is 2. The molecule has 0 aromatic carbocycles. The van der Waals surface area contributed by atoms with Gasteiger partial charge in [0.2, 0.25) is 0 Å². The topological polar surface area (TPSA) is 69.6 Å². The molecular formula is C10H10N3O2+. The highest BCUT2D eigenvalue weighted by Crippen LogP contribution is 1.85. The fourth-order valence-electron chi connectivity index (χ4n) is 1.34. The Morgan fingerprint density at radius 1 is 1.07 bits per heavy atom. The summed E-state index contributed by atoms with van der Waals surface area (Å²) in [4.78, 5) is 26.7. The number of H-pyrrole nitrogens is 2. The molecule has 2 N–H and O–H groups in total. The highest BCUT2D eigenvalue weighted by molar-refractivity contribution is 4.96. The Kier molecular flexibility index (Phi) is 2.45. The summed E-state index contributed by atoms with van der Waals surface area (Å²) in [6, 6.07) is 7.04. The van der Waals surface area contributed by atoms with Crippen molar-refractivity contribution in [3.63, 3.8) is 0 Å². The summed E-state index contributed by atoms with van der Waals surface area (Å²) in [6.07, 6.45) is 3.72. The van der Waals surface area contributed by atoms with Crippen LogP contribution in [0.1, 0.15) is 5.69 Å². The standard InChI is InChI=1S/C10H9N3O2/c14-9-6-8(11-10(15)12-9)7-13-4-2-1-3-5-13/h1-6H,7H2,(H-,11,12,14,15)/p+1. The fourth-order valence-corrected chi connectivity index (χ4v) is 1.34. The zero-order valence-electron chi connectivity index (χ0n) is 7.93. The number of hydrogen-bond donors (Lipinski definition) is 2. The van der Waals surface area contributed by atoms with Crippen LogP contribution in [0.25, 0.3) is 0 Å². The molecule has 0 spiro atoms. The molecule has 76 valence electrons. The normalized spacial score (nSPS) is 10.1. The van der Waals surface area contributed by atoms with Crippen LogP contribution in [-0.2, 0) is 6.54 Å². The molecule has 15 heavy (non-hydrogen) atoms. The Bertz CT molecular complexity index is 528. The smallest absolute Gasteiger partial charge is 0.305 e. The minimum atomic E-state index is -0.478. The summed E-state index contributed by atoms with van der Waals surface area (Å²) in [5.41, 5.74) is -0.278. The molecule has 0 fully saturated rings. The lowest BCUT2D eigenvalue weighted by molar-refractivity contribution is -0.688. The predicted octanol–water partition coefficient (Wildman–Crippen LogP) is -0.601. The number of rotatable bonds is 2. The van der Waals surface area contributed by atoms with Crippen molar-refractivity contribution in [1.29, 1.82) is 0 Å². The average Bonchev–Trinajstić information content (AvgIpc) is 2.17. The molecule has 0 amide bonds. The molecule has 0 aliphatic rings. The molecule has 2 rings (SSSR count). The number of aromatic nitrogens is 3. The van der Waals surface area contributed by atoms with Crippen LogP contribution in [0, 0.1) is 0 Å². The Hall–Kier alpha value is -2.17. The second-order valence-electron chi connectivity index (χ2n) is 3.16. The number of nitrogens with zero attached hydrogens (tertiary/aromatic N) is 1. The first-order chi connectivity index (χ1) is 7.24. The molecule has 0 unspecified atom stereocenters. The van der Waals surface area contributed by atoms with Gasteiger partial charge >= 0.3 is 5.69 Å². The van der Waals surface area contributed by atoms with E-state index in [0.29, 0.717) is 12.2 Å². The third-order valence-corrected chi connectivity index (χ3v) is 1.95. The first kappa shape index (κ1) is 9.39. The molecule has 2 aromatic heterocycles. The van der Waals surface area contributed by atoms with E-state index in [4.69, 9.17) is 0 Å². The summed E-state index contributed by atoms with van der Waals surface area (Å²) in [7, 11) is 0. The second kappa shape index (κ2) is 3.91. The number of pyridine rings is 1. The monoisotopic (exact) mass is 204 g/mol. The van der Waals surface area contributed by atoms with E-state index in [1.54, 1.807) is 0 Å². The molecule has 2 aromatic rings. The zero-order chi connectivity index (χ0) is 10.7. The van der Waals surface area contributed by atoms with Crippen molar-refractivity contribution in [2.45, 2.75) is 6.54 Å². The van der Waals surface area contributed by atoms with E-state index in [-0.39, 0.29) is 5.56 Å². The fraction of sp³-hybridized carbons (Fsp3) is 0.100. The second-order valence-corrected chi connectivity index (χ2v) is 3.16. The maximum Gasteiger partial charge on any atom is 0.326 e. The number of nitrogens with one attached hydrogen (secondary N) is 2. The minimum absolute atomic E-state index is 0.384. The Balaban J connectivity index is 2.33. The average molecular weight is 204 g/mol. The van der Waals surface area contributed by atoms with Gasteiger partial charge in [0.15, 0.2) is 18.9 Å². The van der Waals surface area contributed by atoms with Gasteiger partial charge in [-0.15, -0.1) is 0 Å². The van der Waals surface area contributed by atoms with Crippen molar-refractivity contribution in [2.24, 2.45) is 0 Å². The van der Waals surface area contributed by atoms with Crippen LogP contribution in [0.3, 0.4) is 0 Å². The molecule has 0 atom stereocenters. The van der Waals surface area contributed by atoms with Crippen LogP contribution in [0.15, 0.2) is 46.2 Å². The molecule has 5 heteroatoms. The lowest BCUT2D eigenvalue weighted by Gasteiger charge is -1.95. The van der Waals surface area contributed by atoms with Crippen molar-refractivity contribution in [3.05, 3.63) is 63.2 Å². The van der Waals surface area contributed by atoms with Crippen LogP contribution in [-0.4, -0.2) is 9.97 Å². The molecule has 0 bridgehead atoms. The van der Waals surface area contributed by atoms with E-state index >= 15 is 0 Å². The SMILES string of the molecule is O=c1cc(C[n+]2ccccc2)[nH]c(=O)[nH]1. The van der Waals surface area contributed by atoms with Crippen molar-refractivity contribution >= 4 is 0 Å². The van der Waals surface area contributed by atoms with Crippen LogP contribution >= 0.6 is 0 Å². The summed E-state index contributed by atoms with van der Waals surface area (Å²) >= 11 is 0. The highest BCUT2D eigenvalue weighted by atomic mass is 16.2. The van der Waals surface area contributed by atoms with E-state index in [2.05, 4.69) is 9.97 Å². The Morgan fingerprint density at radius 3 is 2.47 bits per heavy atom. The van der Waals surface area contributed by atoms with Gasteiger partial charge in [-0.2, -0.15) is 4.57 Å². The third-order valence-electron chi connectivity index (χ3n) is 1.95. The van der Waals surface area contributed by atoms with Gasteiger partial charge in [-0.05, 0) is 0 Å². The summed E-state index contributed by atoms with van der Waals surface area (Å²) in [5, 5.41) is 0. The van der Waals surface area contributed by atoms with Gasteiger partial charge in [0.25, 0.3) is 5.56 Å². The minimum Gasteiger partial charge on any atom is -0.305 e. The maximum absolute atomic E-state index is 11.0. The van der Waals surface area contributed by atoms with Crippen molar-refractivity contribution in [2.75, 3.05) is 0 Å². The molecule has 0 radical (unpaired) electrons. The molecule has 0 aliphatic carbocycles. The Morgan fingerprint density at radius 2 is 1.80 bits per heavy atom. The largest absolute Gasteiger partial charge is 0.326 e. The maximum atomic E-state index is 11.0. The lowest BCUT2D eigenvalue weighted by Crippen LogP contribution is -2.35. The predicted molar refractivity (Wildman–Crippen MR) is 53.4 cm³/mol. The quantitative estimate of drug-likeness (QED) is 0.641. The first-order valence-corrected chi connectivity index (χ1v) is 4.51. The summed E-state index contributed by atoms with van der Waals surface area (Å²) in [5.74, 6) is 0. The molecule has 0 aliphatic heterocycles. The molecule has 2 heterocycles. The van der Waals surface area contributed by atoms with Crippen LogP contribution < -0.4 is 15.8 Å².